The maximum Gasteiger partial charge on any atom is 0.268 e. The lowest BCUT2D eigenvalue weighted by atomic mass is 10.0. The minimum Gasteiger partial charge on any atom is -0.756 e. The van der Waals surface area contributed by atoms with Crippen LogP contribution in [0.5, 0.6) is 0 Å². The van der Waals surface area contributed by atoms with E-state index >= 15 is 0 Å². The third-order valence-corrected chi connectivity index (χ3v) is 9.63. The van der Waals surface area contributed by atoms with Crippen LogP contribution < -0.4 is 10.2 Å². The summed E-state index contributed by atoms with van der Waals surface area (Å²) >= 11 is 0. The van der Waals surface area contributed by atoms with E-state index in [9.17, 15) is 19.4 Å². The number of hydrogen-bond acceptors (Lipinski definition) is 6. The summed E-state index contributed by atoms with van der Waals surface area (Å²) in [5.74, 6) is -0.209. The molecule has 0 spiro atoms. The molecule has 0 aliphatic rings. The average molecular weight is 701 g/mol. The summed E-state index contributed by atoms with van der Waals surface area (Å²) in [6, 6.07) is -0.895. The number of amides is 1. The van der Waals surface area contributed by atoms with Gasteiger partial charge in [0.05, 0.1) is 39.9 Å². The Balaban J connectivity index is 4.56. The summed E-state index contributed by atoms with van der Waals surface area (Å²) in [6.07, 6.45) is 35.0. The molecular weight excluding hydrogens is 623 g/mol. The SMILES string of the molecule is CCCCCCCCC/C=C/CC/C=C/C(O)C(COP(=O)([O-])OCC[N+](C)(C)C)NC(=O)CCCCCCCCCCCCCCC. The second-order valence-electron chi connectivity index (χ2n) is 14.6. The number of nitrogens with zero attached hydrogens (tertiary/aromatic N) is 1. The van der Waals surface area contributed by atoms with Crippen molar-refractivity contribution in [2.75, 3.05) is 40.9 Å². The number of rotatable bonds is 35. The van der Waals surface area contributed by atoms with Gasteiger partial charge >= 0.3 is 0 Å². The predicted molar refractivity (Wildman–Crippen MR) is 201 cm³/mol. The fraction of sp³-hybridized carbons (Fsp3) is 0.872. The van der Waals surface area contributed by atoms with Crippen molar-refractivity contribution in [2.24, 2.45) is 0 Å². The molecule has 0 saturated carbocycles. The number of quaternary nitrogens is 1. The quantitative estimate of drug-likeness (QED) is 0.0295. The minimum atomic E-state index is -4.58. The van der Waals surface area contributed by atoms with Crippen molar-refractivity contribution in [3.8, 4) is 0 Å². The third-order valence-electron chi connectivity index (χ3n) is 8.66. The molecule has 9 heteroatoms. The van der Waals surface area contributed by atoms with E-state index in [-0.39, 0.29) is 19.1 Å². The monoisotopic (exact) mass is 701 g/mol. The van der Waals surface area contributed by atoms with Crippen molar-refractivity contribution >= 4 is 13.7 Å². The van der Waals surface area contributed by atoms with Crippen molar-refractivity contribution in [2.45, 2.75) is 180 Å². The zero-order valence-corrected chi connectivity index (χ0v) is 32.8. The Morgan fingerprint density at radius 3 is 1.69 bits per heavy atom. The molecule has 0 aromatic carbocycles. The molecule has 3 unspecified atom stereocenters. The molecule has 0 heterocycles. The van der Waals surface area contributed by atoms with Crippen LogP contribution in [0.15, 0.2) is 24.3 Å². The zero-order chi connectivity index (χ0) is 35.8. The molecule has 0 aromatic rings. The highest BCUT2D eigenvalue weighted by molar-refractivity contribution is 7.45. The molecule has 0 saturated heterocycles. The van der Waals surface area contributed by atoms with Crippen LogP contribution in [-0.2, 0) is 18.4 Å². The highest BCUT2D eigenvalue weighted by atomic mass is 31.2. The molecule has 48 heavy (non-hydrogen) atoms. The zero-order valence-electron chi connectivity index (χ0n) is 31.9. The second-order valence-corrected chi connectivity index (χ2v) is 16.0. The highest BCUT2D eigenvalue weighted by Gasteiger charge is 2.23. The molecule has 0 aromatic heterocycles. The lowest BCUT2D eigenvalue weighted by Crippen LogP contribution is -2.45. The first-order valence-corrected chi connectivity index (χ1v) is 21.2. The number of nitrogens with one attached hydrogen (secondary N) is 1. The smallest absolute Gasteiger partial charge is 0.268 e. The molecule has 3 atom stereocenters. The van der Waals surface area contributed by atoms with Gasteiger partial charge in [-0.2, -0.15) is 0 Å². The number of phosphoric acid groups is 1. The number of unbranched alkanes of at least 4 members (excludes halogenated alkanes) is 20. The Morgan fingerprint density at radius 2 is 1.17 bits per heavy atom. The van der Waals surface area contributed by atoms with Gasteiger partial charge in [0.1, 0.15) is 13.2 Å². The fourth-order valence-electron chi connectivity index (χ4n) is 5.46. The van der Waals surface area contributed by atoms with Gasteiger partial charge in [-0.25, -0.2) is 0 Å². The van der Waals surface area contributed by atoms with Crippen molar-refractivity contribution in [1.82, 2.24) is 5.32 Å². The highest BCUT2D eigenvalue weighted by Crippen LogP contribution is 2.38. The summed E-state index contributed by atoms with van der Waals surface area (Å²) in [5.41, 5.74) is 0. The van der Waals surface area contributed by atoms with Gasteiger partial charge in [-0.1, -0.05) is 154 Å². The Hall–Kier alpha value is -1.02. The lowest BCUT2D eigenvalue weighted by molar-refractivity contribution is -0.870. The summed E-state index contributed by atoms with van der Waals surface area (Å²) in [6.45, 7) is 4.59. The van der Waals surface area contributed by atoms with E-state index in [0.29, 0.717) is 17.4 Å². The van der Waals surface area contributed by atoms with Gasteiger partial charge in [-0.15, -0.1) is 0 Å². The van der Waals surface area contributed by atoms with Gasteiger partial charge in [-0.3, -0.25) is 9.36 Å². The second kappa shape index (κ2) is 31.9. The number of likely N-dealkylation sites (N-methyl/N-ethyl adjacent to an activating group) is 1. The maximum absolute atomic E-state index is 12.8. The number of hydrogen-bond donors (Lipinski definition) is 2. The molecular formula is C39H77N2O6P. The Morgan fingerprint density at radius 1 is 0.708 bits per heavy atom. The molecule has 1 amide bonds. The van der Waals surface area contributed by atoms with Crippen molar-refractivity contribution in [3.63, 3.8) is 0 Å². The summed E-state index contributed by atoms with van der Waals surface area (Å²) in [7, 11) is 1.24. The van der Waals surface area contributed by atoms with Gasteiger partial charge in [0.25, 0.3) is 7.82 Å². The molecule has 0 fully saturated rings. The van der Waals surface area contributed by atoms with Crippen LogP contribution >= 0.6 is 7.82 Å². The standard InChI is InChI=1S/C39H77N2O6P/c1-6-8-10-12-14-16-18-20-22-24-26-28-30-32-38(42)37(36-47-48(44,45)46-35-34-41(3,4)5)40-39(43)33-31-29-27-25-23-21-19-17-15-13-11-9-7-2/h22,24,30,32,37-38,42H,6-21,23,25-29,31,33-36H2,1-5H3,(H-,40,43,44,45)/b24-22+,32-30+. The van der Waals surface area contributed by atoms with E-state index in [1.54, 1.807) is 6.08 Å². The molecule has 0 bridgehead atoms. The molecule has 0 rings (SSSR count). The first-order valence-electron chi connectivity index (χ1n) is 19.7. The first-order chi connectivity index (χ1) is 23.0. The van der Waals surface area contributed by atoms with Gasteiger partial charge in [0, 0.05) is 6.42 Å². The summed E-state index contributed by atoms with van der Waals surface area (Å²) in [4.78, 5) is 25.1. The molecule has 0 aliphatic heterocycles. The maximum atomic E-state index is 12.8. The van der Waals surface area contributed by atoms with Crippen LogP contribution in [0.25, 0.3) is 0 Å². The summed E-state index contributed by atoms with van der Waals surface area (Å²) < 4.78 is 23.1. The van der Waals surface area contributed by atoms with Crippen LogP contribution in [0.3, 0.4) is 0 Å². The van der Waals surface area contributed by atoms with E-state index in [4.69, 9.17) is 9.05 Å². The lowest BCUT2D eigenvalue weighted by Gasteiger charge is -2.29. The van der Waals surface area contributed by atoms with E-state index < -0.39 is 20.0 Å². The first kappa shape index (κ1) is 47.0. The van der Waals surface area contributed by atoms with Crippen molar-refractivity contribution < 1.29 is 32.9 Å². The third kappa shape index (κ3) is 33.5. The number of carbonyl (C=O) groups is 1. The van der Waals surface area contributed by atoms with E-state index in [0.717, 1.165) is 38.5 Å². The van der Waals surface area contributed by atoms with Crippen LogP contribution in [-0.4, -0.2) is 68.5 Å². The van der Waals surface area contributed by atoms with Crippen LogP contribution in [0.4, 0.5) is 0 Å². The molecule has 0 radical (unpaired) electrons. The van der Waals surface area contributed by atoms with Gasteiger partial charge < -0.3 is 28.8 Å². The normalized spacial score (nSPS) is 14.9. The topological polar surface area (TPSA) is 108 Å². The van der Waals surface area contributed by atoms with Gasteiger partial charge in [-0.05, 0) is 32.1 Å². The fourth-order valence-corrected chi connectivity index (χ4v) is 6.18. The van der Waals surface area contributed by atoms with Gasteiger partial charge in [0.15, 0.2) is 0 Å². The van der Waals surface area contributed by atoms with Crippen molar-refractivity contribution in [3.05, 3.63) is 24.3 Å². The van der Waals surface area contributed by atoms with Gasteiger partial charge in [0.2, 0.25) is 5.91 Å². The molecule has 8 nitrogen and oxygen atoms in total. The number of phosphoric ester groups is 1. The number of aliphatic hydroxyl groups is 1. The van der Waals surface area contributed by atoms with Crippen molar-refractivity contribution in [1.29, 1.82) is 0 Å². The predicted octanol–water partition coefficient (Wildman–Crippen LogP) is 9.55. The largest absolute Gasteiger partial charge is 0.756 e. The van der Waals surface area contributed by atoms with Crippen LogP contribution in [0.2, 0.25) is 0 Å². The minimum absolute atomic E-state index is 0.00468. The van der Waals surface area contributed by atoms with Crippen LogP contribution in [0.1, 0.15) is 168 Å². The Bertz CT molecular complexity index is 845. The number of allylic oxidation sites excluding steroid dienone is 3. The van der Waals surface area contributed by atoms with E-state index in [1.165, 1.54) is 109 Å². The molecule has 2 N–H and O–H groups in total. The average Bonchev–Trinajstić information content (AvgIpc) is 3.02. The van der Waals surface area contributed by atoms with E-state index in [2.05, 4.69) is 31.3 Å². The Kier molecular flexibility index (Phi) is 31.2. The molecule has 284 valence electrons. The van der Waals surface area contributed by atoms with Crippen LogP contribution in [0, 0.1) is 0 Å². The summed E-state index contributed by atoms with van der Waals surface area (Å²) in [5, 5.41) is 13.7. The number of aliphatic hydroxyl groups excluding tert-OH is 1. The molecule has 0 aliphatic carbocycles. The van der Waals surface area contributed by atoms with E-state index in [1.807, 2.05) is 27.2 Å². The Labute approximate surface area is 296 Å². The number of carbonyl (C=O) groups excluding carboxylic acids is 1.